The van der Waals surface area contributed by atoms with Crippen LogP contribution in [0.4, 0.5) is 0 Å². The molecule has 2 fully saturated rings. The number of nitrogens with one attached hydrogen (secondary N) is 1. The van der Waals surface area contributed by atoms with Gasteiger partial charge in [-0.1, -0.05) is 12.5 Å². The van der Waals surface area contributed by atoms with Crippen molar-refractivity contribution in [1.82, 2.24) is 18.6 Å². The monoisotopic (exact) mass is 348 g/mol. The van der Waals surface area contributed by atoms with Crippen molar-refractivity contribution in [2.75, 3.05) is 13.1 Å². The summed E-state index contributed by atoms with van der Waals surface area (Å²) in [4.78, 5) is 4.74. The predicted octanol–water partition coefficient (Wildman–Crippen LogP) is 2.27. The number of piperidine rings is 1. The Morgan fingerprint density at radius 1 is 1.21 bits per heavy atom. The van der Waals surface area contributed by atoms with Crippen molar-refractivity contribution in [3.8, 4) is 0 Å². The minimum atomic E-state index is -3.38. The molecule has 1 aromatic heterocycles. The van der Waals surface area contributed by atoms with Crippen molar-refractivity contribution in [2.45, 2.75) is 44.6 Å². The average Bonchev–Trinajstić information content (AvgIpc) is 3.38. The maximum absolute atomic E-state index is 12.4. The smallest absolute Gasteiger partial charge is 0.279 e. The summed E-state index contributed by atoms with van der Waals surface area (Å²) >= 11 is 0. The molecule has 2 aliphatic rings. The number of hydrogen-bond donors (Lipinski definition) is 1. The van der Waals surface area contributed by atoms with Crippen molar-refractivity contribution >= 4 is 21.2 Å². The summed E-state index contributed by atoms with van der Waals surface area (Å²) in [6.45, 7) is 1.56. The van der Waals surface area contributed by atoms with Crippen LogP contribution in [0.25, 0.3) is 11.0 Å². The van der Waals surface area contributed by atoms with E-state index >= 15 is 0 Å². The standard InChI is InChI=1S/C17H24N4O2S/c1-20-16-8-5-13(11-15(16)19-17(20)14-6-7-14)12-18-24(22,23)21-9-3-2-4-10-21/h5,8,11,14,18H,2-4,6-7,9-10,12H2,1H3. The summed E-state index contributed by atoms with van der Waals surface area (Å²) in [5.41, 5.74) is 3.01. The Hall–Kier alpha value is -1.44. The molecule has 0 amide bonds. The molecular formula is C17H24N4O2S. The highest BCUT2D eigenvalue weighted by Gasteiger charge is 2.28. The van der Waals surface area contributed by atoms with Gasteiger partial charge in [-0.2, -0.15) is 17.4 Å². The van der Waals surface area contributed by atoms with Crippen LogP contribution in [0.3, 0.4) is 0 Å². The molecule has 2 heterocycles. The highest BCUT2D eigenvalue weighted by Crippen LogP contribution is 2.40. The van der Waals surface area contributed by atoms with Gasteiger partial charge in [0.2, 0.25) is 0 Å². The minimum absolute atomic E-state index is 0.310. The molecule has 2 aromatic rings. The molecule has 1 N–H and O–H groups in total. The zero-order valence-electron chi connectivity index (χ0n) is 14.0. The number of aromatic nitrogens is 2. The maximum atomic E-state index is 12.4. The number of nitrogens with zero attached hydrogens (tertiary/aromatic N) is 3. The van der Waals surface area contributed by atoms with E-state index in [9.17, 15) is 8.42 Å². The summed E-state index contributed by atoms with van der Waals surface area (Å²) in [5, 5.41) is 0. The maximum Gasteiger partial charge on any atom is 0.279 e. The Kier molecular flexibility index (Phi) is 4.10. The average molecular weight is 348 g/mol. The van der Waals surface area contributed by atoms with Crippen LogP contribution in [0.15, 0.2) is 18.2 Å². The van der Waals surface area contributed by atoms with Crippen molar-refractivity contribution in [1.29, 1.82) is 0 Å². The Labute approximate surface area is 143 Å². The first-order valence-electron chi connectivity index (χ1n) is 8.74. The summed E-state index contributed by atoms with van der Waals surface area (Å²) in [5.74, 6) is 1.75. The molecule has 1 saturated carbocycles. The third-order valence-corrected chi connectivity index (χ3v) is 6.59. The topological polar surface area (TPSA) is 67.2 Å². The molecule has 0 bridgehead atoms. The molecule has 1 aliphatic heterocycles. The Morgan fingerprint density at radius 2 is 1.96 bits per heavy atom. The van der Waals surface area contributed by atoms with E-state index in [1.165, 1.54) is 12.8 Å². The second-order valence-corrected chi connectivity index (χ2v) is 8.67. The lowest BCUT2D eigenvalue weighted by molar-refractivity contribution is 0.341. The summed E-state index contributed by atoms with van der Waals surface area (Å²) in [7, 11) is -1.33. The molecule has 7 heteroatoms. The highest BCUT2D eigenvalue weighted by atomic mass is 32.2. The van der Waals surface area contributed by atoms with Gasteiger partial charge in [0.1, 0.15) is 5.82 Å². The van der Waals surface area contributed by atoms with Gasteiger partial charge >= 0.3 is 0 Å². The van der Waals surface area contributed by atoms with E-state index in [1.54, 1.807) is 4.31 Å². The lowest BCUT2D eigenvalue weighted by Gasteiger charge is -2.25. The Bertz CT molecular complexity index is 849. The van der Waals surface area contributed by atoms with Gasteiger partial charge in [0.25, 0.3) is 10.2 Å². The van der Waals surface area contributed by atoms with E-state index in [2.05, 4.69) is 16.3 Å². The highest BCUT2D eigenvalue weighted by molar-refractivity contribution is 7.87. The second kappa shape index (κ2) is 6.13. The van der Waals surface area contributed by atoms with E-state index in [4.69, 9.17) is 4.98 Å². The predicted molar refractivity (Wildman–Crippen MR) is 93.9 cm³/mol. The van der Waals surface area contributed by atoms with Crippen molar-refractivity contribution < 1.29 is 8.42 Å². The van der Waals surface area contributed by atoms with Crippen LogP contribution in [-0.2, 0) is 23.8 Å². The number of benzene rings is 1. The zero-order chi connectivity index (χ0) is 16.7. The van der Waals surface area contributed by atoms with E-state index in [0.717, 1.165) is 41.7 Å². The second-order valence-electron chi connectivity index (χ2n) is 6.91. The van der Waals surface area contributed by atoms with Crippen molar-refractivity contribution in [3.05, 3.63) is 29.6 Å². The zero-order valence-corrected chi connectivity index (χ0v) is 14.8. The van der Waals surface area contributed by atoms with E-state index in [1.807, 2.05) is 18.2 Å². The van der Waals surface area contributed by atoms with Gasteiger partial charge in [-0.05, 0) is 43.4 Å². The molecule has 24 heavy (non-hydrogen) atoms. The third-order valence-electron chi connectivity index (χ3n) is 5.04. The Morgan fingerprint density at radius 3 is 2.67 bits per heavy atom. The van der Waals surface area contributed by atoms with E-state index < -0.39 is 10.2 Å². The van der Waals surface area contributed by atoms with Crippen LogP contribution in [0.5, 0.6) is 0 Å². The number of hydrogen-bond acceptors (Lipinski definition) is 3. The van der Waals surface area contributed by atoms with Gasteiger partial charge in [0.05, 0.1) is 11.0 Å². The van der Waals surface area contributed by atoms with Gasteiger partial charge in [-0.15, -0.1) is 0 Å². The van der Waals surface area contributed by atoms with Crippen LogP contribution >= 0.6 is 0 Å². The first-order valence-corrected chi connectivity index (χ1v) is 10.2. The van der Waals surface area contributed by atoms with Gasteiger partial charge < -0.3 is 4.57 Å². The van der Waals surface area contributed by atoms with Crippen LogP contribution in [-0.4, -0.2) is 35.4 Å². The van der Waals surface area contributed by atoms with Gasteiger partial charge in [0.15, 0.2) is 0 Å². The summed E-state index contributed by atoms with van der Waals surface area (Å²) in [6, 6.07) is 6.03. The first kappa shape index (κ1) is 16.1. The molecule has 130 valence electrons. The molecule has 0 radical (unpaired) electrons. The number of aryl methyl sites for hydroxylation is 1. The fourth-order valence-corrected chi connectivity index (χ4v) is 4.72. The van der Waals surface area contributed by atoms with Crippen LogP contribution in [0.1, 0.15) is 49.4 Å². The minimum Gasteiger partial charge on any atom is -0.331 e. The van der Waals surface area contributed by atoms with Crippen molar-refractivity contribution in [3.63, 3.8) is 0 Å². The Balaban J connectivity index is 1.50. The molecule has 1 aliphatic carbocycles. The first-order chi connectivity index (χ1) is 11.5. The lowest BCUT2D eigenvalue weighted by Crippen LogP contribution is -2.43. The normalized spacial score (nSPS) is 19.9. The quantitative estimate of drug-likeness (QED) is 0.901. The largest absolute Gasteiger partial charge is 0.331 e. The van der Waals surface area contributed by atoms with Gasteiger partial charge in [-0.3, -0.25) is 0 Å². The fraction of sp³-hybridized carbons (Fsp3) is 0.588. The fourth-order valence-electron chi connectivity index (χ4n) is 3.45. The SMILES string of the molecule is Cn1c(C2CC2)nc2cc(CNS(=O)(=O)N3CCCCC3)ccc21. The molecule has 0 spiro atoms. The molecule has 0 atom stereocenters. The van der Waals surface area contributed by atoms with Crippen molar-refractivity contribution in [2.24, 2.45) is 7.05 Å². The van der Waals surface area contributed by atoms with Crippen LogP contribution in [0, 0.1) is 0 Å². The van der Waals surface area contributed by atoms with E-state index in [0.29, 0.717) is 25.6 Å². The summed E-state index contributed by atoms with van der Waals surface area (Å²) in [6.07, 6.45) is 5.46. The molecule has 0 unspecified atom stereocenters. The van der Waals surface area contributed by atoms with Crippen LogP contribution in [0.2, 0.25) is 0 Å². The van der Waals surface area contributed by atoms with E-state index in [-0.39, 0.29) is 0 Å². The molecule has 4 rings (SSSR count). The lowest BCUT2D eigenvalue weighted by atomic mass is 10.2. The van der Waals surface area contributed by atoms with Gasteiger partial charge in [-0.25, -0.2) is 4.98 Å². The molecule has 1 aromatic carbocycles. The number of rotatable bonds is 5. The van der Waals surface area contributed by atoms with Crippen LogP contribution < -0.4 is 4.72 Å². The number of imidazole rings is 1. The third kappa shape index (κ3) is 3.08. The number of fused-ring (bicyclic) bond motifs is 1. The molecular weight excluding hydrogens is 324 g/mol. The van der Waals surface area contributed by atoms with Gasteiger partial charge in [0, 0.05) is 32.6 Å². The molecule has 1 saturated heterocycles. The summed E-state index contributed by atoms with van der Waals surface area (Å²) < 4.78 is 31.2. The molecule has 6 nitrogen and oxygen atoms in total.